The summed E-state index contributed by atoms with van der Waals surface area (Å²) in [6.07, 6.45) is 3.90. The second-order valence-electron chi connectivity index (χ2n) is 5.39. The van der Waals surface area contributed by atoms with Crippen molar-refractivity contribution in [3.8, 4) is 0 Å². The molecule has 0 saturated heterocycles. The minimum absolute atomic E-state index is 0.0474. The summed E-state index contributed by atoms with van der Waals surface area (Å²) in [6, 6.07) is 3.54. The van der Waals surface area contributed by atoms with Crippen LogP contribution in [-0.2, 0) is 11.2 Å². The third-order valence-corrected chi connectivity index (χ3v) is 3.65. The van der Waals surface area contributed by atoms with Gasteiger partial charge < -0.3 is 10.5 Å². The largest absolute Gasteiger partial charge is 0.378 e. The van der Waals surface area contributed by atoms with Gasteiger partial charge in [-0.15, -0.1) is 0 Å². The lowest BCUT2D eigenvalue weighted by atomic mass is 9.77. The first-order valence-corrected chi connectivity index (χ1v) is 6.89. The van der Waals surface area contributed by atoms with Crippen LogP contribution >= 0.6 is 0 Å². The predicted molar refractivity (Wildman–Crippen MR) is 70.8 cm³/mol. The van der Waals surface area contributed by atoms with Crippen molar-refractivity contribution in [3.05, 3.63) is 35.4 Å². The van der Waals surface area contributed by atoms with Crippen LogP contribution in [0.25, 0.3) is 0 Å². The van der Waals surface area contributed by atoms with Gasteiger partial charge in [0, 0.05) is 18.7 Å². The van der Waals surface area contributed by atoms with Gasteiger partial charge in [-0.1, -0.05) is 0 Å². The molecule has 0 bridgehead atoms. The fourth-order valence-corrected chi connectivity index (χ4v) is 2.78. The van der Waals surface area contributed by atoms with Gasteiger partial charge in [-0.3, -0.25) is 0 Å². The summed E-state index contributed by atoms with van der Waals surface area (Å²) in [5, 5.41) is 0. The normalized spacial score (nSPS) is 24.0. The van der Waals surface area contributed by atoms with Crippen molar-refractivity contribution < 1.29 is 13.5 Å². The number of rotatable bonds is 6. The van der Waals surface area contributed by atoms with Crippen LogP contribution in [-0.4, -0.2) is 18.8 Å². The fraction of sp³-hybridized carbons (Fsp3) is 0.600. The average Bonchev–Trinajstić information content (AvgIpc) is 2.24. The highest BCUT2D eigenvalue weighted by Gasteiger charge is 2.30. The molecule has 0 aromatic heterocycles. The SMILES string of the molecule is CCOC1CC(CC(N)Cc2cc(F)cc(F)c2)C1. The number of ether oxygens (including phenoxy) is 1. The molecule has 4 heteroatoms. The van der Waals surface area contributed by atoms with E-state index in [0.29, 0.717) is 24.0 Å². The van der Waals surface area contributed by atoms with E-state index < -0.39 is 11.6 Å². The van der Waals surface area contributed by atoms with E-state index in [1.54, 1.807) is 0 Å². The third-order valence-electron chi connectivity index (χ3n) is 3.65. The minimum atomic E-state index is -0.540. The van der Waals surface area contributed by atoms with Crippen LogP contribution in [0.2, 0.25) is 0 Å². The van der Waals surface area contributed by atoms with Crippen LogP contribution in [0, 0.1) is 17.6 Å². The van der Waals surface area contributed by atoms with E-state index in [9.17, 15) is 8.78 Å². The van der Waals surface area contributed by atoms with Crippen molar-refractivity contribution in [1.82, 2.24) is 0 Å². The molecule has 2 nitrogen and oxygen atoms in total. The first kappa shape index (κ1) is 14.4. The summed E-state index contributed by atoms with van der Waals surface area (Å²) in [7, 11) is 0. The Morgan fingerprint density at radius 3 is 2.47 bits per heavy atom. The summed E-state index contributed by atoms with van der Waals surface area (Å²) in [6.45, 7) is 2.75. The van der Waals surface area contributed by atoms with Crippen molar-refractivity contribution in [2.24, 2.45) is 11.7 Å². The Morgan fingerprint density at radius 2 is 1.89 bits per heavy atom. The molecular weight excluding hydrogens is 248 g/mol. The van der Waals surface area contributed by atoms with E-state index in [-0.39, 0.29) is 6.04 Å². The molecule has 106 valence electrons. The van der Waals surface area contributed by atoms with Gasteiger partial charge in [0.2, 0.25) is 0 Å². The highest BCUT2D eigenvalue weighted by atomic mass is 19.1. The molecule has 1 fully saturated rings. The zero-order chi connectivity index (χ0) is 13.8. The molecule has 0 spiro atoms. The summed E-state index contributed by atoms with van der Waals surface area (Å²) in [5.41, 5.74) is 6.68. The Labute approximate surface area is 112 Å². The van der Waals surface area contributed by atoms with Gasteiger partial charge in [-0.25, -0.2) is 8.78 Å². The summed E-state index contributed by atoms with van der Waals surface area (Å²) in [5.74, 6) is -0.491. The molecule has 1 aliphatic rings. The van der Waals surface area contributed by atoms with Crippen LogP contribution < -0.4 is 5.73 Å². The molecule has 1 aliphatic carbocycles. The summed E-state index contributed by atoms with van der Waals surface area (Å²) < 4.78 is 31.6. The standard InChI is InChI=1S/C15H21F2NO/c1-2-19-15-7-11(8-15)6-14(18)5-10-3-12(16)9-13(17)4-10/h3-4,9,11,14-15H,2,5-8,18H2,1H3. The van der Waals surface area contributed by atoms with Gasteiger partial charge in [-0.05, 0) is 56.2 Å². The summed E-state index contributed by atoms with van der Waals surface area (Å²) in [4.78, 5) is 0. The maximum Gasteiger partial charge on any atom is 0.126 e. The Balaban J connectivity index is 1.77. The molecule has 1 atom stereocenters. The van der Waals surface area contributed by atoms with Crippen molar-refractivity contribution in [2.75, 3.05) is 6.61 Å². The van der Waals surface area contributed by atoms with Crippen molar-refractivity contribution in [3.63, 3.8) is 0 Å². The molecule has 0 radical (unpaired) electrons. The second kappa shape index (κ2) is 6.44. The molecule has 0 aliphatic heterocycles. The Morgan fingerprint density at radius 1 is 1.26 bits per heavy atom. The topological polar surface area (TPSA) is 35.2 Å². The molecule has 2 rings (SSSR count). The van der Waals surface area contributed by atoms with Gasteiger partial charge in [-0.2, -0.15) is 0 Å². The van der Waals surface area contributed by atoms with E-state index in [0.717, 1.165) is 31.9 Å². The lowest BCUT2D eigenvalue weighted by Gasteiger charge is -2.36. The van der Waals surface area contributed by atoms with E-state index in [2.05, 4.69) is 0 Å². The number of halogens is 2. The predicted octanol–water partition coefficient (Wildman–Crippen LogP) is 3.04. The van der Waals surface area contributed by atoms with Crippen LogP contribution in [0.4, 0.5) is 8.78 Å². The molecular formula is C15H21F2NO. The monoisotopic (exact) mass is 269 g/mol. The molecule has 1 aromatic carbocycles. The lowest BCUT2D eigenvalue weighted by molar-refractivity contribution is -0.0280. The fourth-order valence-electron chi connectivity index (χ4n) is 2.78. The Kier molecular flexibility index (Phi) is 4.88. The summed E-state index contributed by atoms with van der Waals surface area (Å²) >= 11 is 0. The van der Waals surface area contributed by atoms with Crippen LogP contribution in [0.5, 0.6) is 0 Å². The molecule has 0 amide bonds. The van der Waals surface area contributed by atoms with Crippen molar-refractivity contribution >= 4 is 0 Å². The number of hydrogen-bond acceptors (Lipinski definition) is 2. The van der Waals surface area contributed by atoms with Crippen LogP contribution in [0.15, 0.2) is 18.2 Å². The Bertz CT molecular complexity index is 398. The highest BCUT2D eigenvalue weighted by molar-refractivity contribution is 5.18. The first-order valence-electron chi connectivity index (χ1n) is 6.89. The van der Waals surface area contributed by atoms with Crippen LogP contribution in [0.1, 0.15) is 31.7 Å². The zero-order valence-corrected chi connectivity index (χ0v) is 11.2. The minimum Gasteiger partial charge on any atom is -0.378 e. The maximum absolute atomic E-state index is 13.1. The highest BCUT2D eigenvalue weighted by Crippen LogP contribution is 2.33. The van der Waals surface area contributed by atoms with Crippen molar-refractivity contribution in [2.45, 2.75) is 44.8 Å². The second-order valence-corrected chi connectivity index (χ2v) is 5.39. The number of benzene rings is 1. The van der Waals surface area contributed by atoms with E-state index in [4.69, 9.17) is 10.5 Å². The smallest absolute Gasteiger partial charge is 0.126 e. The third kappa shape index (κ3) is 4.25. The van der Waals surface area contributed by atoms with E-state index in [1.807, 2.05) is 6.92 Å². The molecule has 0 heterocycles. The van der Waals surface area contributed by atoms with Gasteiger partial charge >= 0.3 is 0 Å². The van der Waals surface area contributed by atoms with E-state index in [1.165, 1.54) is 12.1 Å². The molecule has 1 aromatic rings. The molecule has 19 heavy (non-hydrogen) atoms. The zero-order valence-electron chi connectivity index (χ0n) is 11.2. The van der Waals surface area contributed by atoms with Crippen LogP contribution in [0.3, 0.4) is 0 Å². The molecule has 1 saturated carbocycles. The molecule has 1 unspecified atom stereocenters. The maximum atomic E-state index is 13.1. The Hall–Kier alpha value is -1.00. The average molecular weight is 269 g/mol. The van der Waals surface area contributed by atoms with E-state index >= 15 is 0 Å². The van der Waals surface area contributed by atoms with Crippen molar-refractivity contribution in [1.29, 1.82) is 0 Å². The molecule has 2 N–H and O–H groups in total. The van der Waals surface area contributed by atoms with Gasteiger partial charge in [0.25, 0.3) is 0 Å². The lowest BCUT2D eigenvalue weighted by Crippen LogP contribution is -2.36. The van der Waals surface area contributed by atoms with Gasteiger partial charge in [0.05, 0.1) is 6.10 Å². The van der Waals surface area contributed by atoms with Gasteiger partial charge in [0.15, 0.2) is 0 Å². The number of hydrogen-bond donors (Lipinski definition) is 1. The number of nitrogens with two attached hydrogens (primary N) is 1. The first-order chi connectivity index (χ1) is 9.06. The van der Waals surface area contributed by atoms with Gasteiger partial charge in [0.1, 0.15) is 11.6 Å². The quantitative estimate of drug-likeness (QED) is 0.861.